The number of aryl methyl sites for hydroxylation is 1. The van der Waals surface area contributed by atoms with Crippen molar-refractivity contribution in [3.8, 4) is 5.75 Å². The zero-order valence-corrected chi connectivity index (χ0v) is 8.91. The van der Waals surface area contributed by atoms with Gasteiger partial charge in [-0.2, -0.15) is 0 Å². The normalized spacial score (nSPS) is 19.6. The molecule has 0 radical (unpaired) electrons. The van der Waals surface area contributed by atoms with Gasteiger partial charge in [-0.25, -0.2) is 4.79 Å². The van der Waals surface area contributed by atoms with E-state index in [4.69, 9.17) is 4.74 Å². The molecule has 0 aliphatic carbocycles. The van der Waals surface area contributed by atoms with Gasteiger partial charge in [0.15, 0.2) is 0 Å². The molecular formula is C12H14O3. The van der Waals surface area contributed by atoms with E-state index in [1.807, 2.05) is 19.1 Å². The van der Waals surface area contributed by atoms with Crippen LogP contribution in [0.25, 0.3) is 0 Å². The summed E-state index contributed by atoms with van der Waals surface area (Å²) in [6.07, 6.45) is 1.46. The van der Waals surface area contributed by atoms with Gasteiger partial charge in [0.2, 0.25) is 0 Å². The summed E-state index contributed by atoms with van der Waals surface area (Å²) < 4.78 is 5.20. The molecule has 1 atom stereocenters. The van der Waals surface area contributed by atoms with Crippen LogP contribution in [0.3, 0.4) is 0 Å². The lowest BCUT2D eigenvalue weighted by Crippen LogP contribution is -2.27. The van der Waals surface area contributed by atoms with Crippen LogP contribution in [-0.4, -0.2) is 17.2 Å². The van der Waals surface area contributed by atoms with Crippen LogP contribution in [0.5, 0.6) is 5.75 Å². The van der Waals surface area contributed by atoms with Gasteiger partial charge in [-0.3, -0.25) is 0 Å². The highest BCUT2D eigenvalue weighted by atomic mass is 16.5. The van der Waals surface area contributed by atoms with Crippen molar-refractivity contribution in [2.24, 2.45) is 0 Å². The number of phenols is 1. The molecule has 1 unspecified atom stereocenters. The topological polar surface area (TPSA) is 46.5 Å². The Hall–Kier alpha value is -1.51. The average Bonchev–Trinajstić information content (AvgIpc) is 2.23. The van der Waals surface area contributed by atoms with Crippen LogP contribution in [0.2, 0.25) is 0 Å². The fourth-order valence-corrected chi connectivity index (χ4v) is 1.86. The standard InChI is InChI=1S/C12H14O3/c1-3-9-6-8-5-4-7(2)11(13)10(8)12(14)15-9/h4-5,9,13H,3,6H2,1-2H3. The fraction of sp³-hybridized carbons (Fsp3) is 0.417. The van der Waals surface area contributed by atoms with Gasteiger partial charge in [-0.15, -0.1) is 0 Å². The first-order chi connectivity index (χ1) is 7.13. The van der Waals surface area contributed by atoms with Gasteiger partial charge < -0.3 is 9.84 Å². The van der Waals surface area contributed by atoms with Crippen LogP contribution in [0, 0.1) is 6.92 Å². The smallest absolute Gasteiger partial charge is 0.342 e. The van der Waals surface area contributed by atoms with Crippen LogP contribution in [0.15, 0.2) is 12.1 Å². The van der Waals surface area contributed by atoms with Gasteiger partial charge in [0.25, 0.3) is 0 Å². The molecule has 0 spiro atoms. The van der Waals surface area contributed by atoms with E-state index in [-0.39, 0.29) is 11.9 Å². The highest BCUT2D eigenvalue weighted by molar-refractivity contribution is 5.95. The zero-order chi connectivity index (χ0) is 11.0. The van der Waals surface area contributed by atoms with E-state index in [9.17, 15) is 9.90 Å². The largest absolute Gasteiger partial charge is 0.507 e. The summed E-state index contributed by atoms with van der Waals surface area (Å²) in [5, 5.41) is 9.77. The number of rotatable bonds is 1. The van der Waals surface area contributed by atoms with E-state index in [0.717, 1.165) is 12.0 Å². The molecule has 80 valence electrons. The molecule has 1 N–H and O–H groups in total. The number of fused-ring (bicyclic) bond motifs is 1. The third-order valence-corrected chi connectivity index (χ3v) is 2.85. The van der Waals surface area contributed by atoms with E-state index in [1.165, 1.54) is 0 Å². The highest BCUT2D eigenvalue weighted by Gasteiger charge is 2.28. The molecule has 0 saturated carbocycles. The molecular weight excluding hydrogens is 192 g/mol. The number of carbonyl (C=O) groups excluding carboxylic acids is 1. The van der Waals surface area contributed by atoms with Crippen LogP contribution >= 0.6 is 0 Å². The molecule has 3 heteroatoms. The first-order valence-corrected chi connectivity index (χ1v) is 5.16. The van der Waals surface area contributed by atoms with Gasteiger partial charge >= 0.3 is 5.97 Å². The minimum Gasteiger partial charge on any atom is -0.507 e. The minimum atomic E-state index is -0.399. The SMILES string of the molecule is CCC1Cc2ccc(C)c(O)c2C(=O)O1. The molecule has 3 nitrogen and oxygen atoms in total. The van der Waals surface area contributed by atoms with Gasteiger partial charge in [0.1, 0.15) is 17.4 Å². The molecule has 0 amide bonds. The molecule has 0 aromatic heterocycles. The van der Waals surface area contributed by atoms with E-state index in [2.05, 4.69) is 0 Å². The Bertz CT molecular complexity index is 410. The lowest BCUT2D eigenvalue weighted by atomic mass is 9.95. The Labute approximate surface area is 88.7 Å². The molecule has 15 heavy (non-hydrogen) atoms. The first-order valence-electron chi connectivity index (χ1n) is 5.16. The summed E-state index contributed by atoms with van der Waals surface area (Å²) in [5.74, 6) is -0.337. The predicted octanol–water partition coefficient (Wildman–Crippen LogP) is 2.19. The van der Waals surface area contributed by atoms with Crippen molar-refractivity contribution in [3.05, 3.63) is 28.8 Å². The summed E-state index contributed by atoms with van der Waals surface area (Å²) in [4.78, 5) is 11.6. The molecule has 0 bridgehead atoms. The molecule has 0 saturated heterocycles. The maximum atomic E-state index is 11.6. The first kappa shape index (κ1) is 10.0. The molecule has 1 aliphatic rings. The van der Waals surface area contributed by atoms with E-state index < -0.39 is 5.97 Å². The van der Waals surface area contributed by atoms with Crippen molar-refractivity contribution in [1.82, 2.24) is 0 Å². The van der Waals surface area contributed by atoms with Crippen molar-refractivity contribution in [2.75, 3.05) is 0 Å². The van der Waals surface area contributed by atoms with Crippen LogP contribution < -0.4 is 0 Å². The Balaban J connectivity index is 2.50. The van der Waals surface area contributed by atoms with Crippen LogP contribution in [-0.2, 0) is 11.2 Å². The van der Waals surface area contributed by atoms with Crippen molar-refractivity contribution < 1.29 is 14.6 Å². The second-order valence-electron chi connectivity index (χ2n) is 3.90. The van der Waals surface area contributed by atoms with Crippen molar-refractivity contribution >= 4 is 5.97 Å². The van der Waals surface area contributed by atoms with Gasteiger partial charge in [-0.1, -0.05) is 19.1 Å². The highest BCUT2D eigenvalue weighted by Crippen LogP contribution is 2.31. The van der Waals surface area contributed by atoms with Crippen molar-refractivity contribution in [2.45, 2.75) is 32.8 Å². The number of hydrogen-bond acceptors (Lipinski definition) is 3. The number of benzene rings is 1. The predicted molar refractivity (Wildman–Crippen MR) is 56.0 cm³/mol. The average molecular weight is 206 g/mol. The third kappa shape index (κ3) is 1.58. The molecule has 1 aliphatic heterocycles. The summed E-state index contributed by atoms with van der Waals surface area (Å²) in [7, 11) is 0. The summed E-state index contributed by atoms with van der Waals surface area (Å²) in [6, 6.07) is 3.73. The number of hydrogen-bond donors (Lipinski definition) is 1. The molecule has 0 fully saturated rings. The Kier molecular flexibility index (Phi) is 2.39. The van der Waals surface area contributed by atoms with Gasteiger partial charge in [0, 0.05) is 6.42 Å². The number of carbonyl (C=O) groups is 1. The fourth-order valence-electron chi connectivity index (χ4n) is 1.86. The lowest BCUT2D eigenvalue weighted by Gasteiger charge is -2.24. The quantitative estimate of drug-likeness (QED) is 0.716. The van der Waals surface area contributed by atoms with Crippen molar-refractivity contribution in [1.29, 1.82) is 0 Å². The van der Waals surface area contributed by atoms with Crippen LogP contribution in [0.1, 0.15) is 34.8 Å². The van der Waals surface area contributed by atoms with E-state index in [1.54, 1.807) is 6.92 Å². The van der Waals surface area contributed by atoms with Crippen LogP contribution in [0.4, 0.5) is 0 Å². The Morgan fingerprint density at radius 2 is 2.27 bits per heavy atom. The maximum Gasteiger partial charge on any atom is 0.342 e. The number of ether oxygens (including phenoxy) is 1. The Morgan fingerprint density at radius 1 is 1.53 bits per heavy atom. The molecule has 2 rings (SSSR count). The minimum absolute atomic E-state index is 0.0490. The van der Waals surface area contributed by atoms with E-state index >= 15 is 0 Å². The maximum absolute atomic E-state index is 11.6. The van der Waals surface area contributed by atoms with Gasteiger partial charge in [-0.05, 0) is 24.5 Å². The number of esters is 1. The number of phenolic OH excluding ortho intramolecular Hbond substituents is 1. The second-order valence-corrected chi connectivity index (χ2v) is 3.90. The molecule has 1 aromatic rings. The second kappa shape index (κ2) is 3.57. The summed E-state index contributed by atoms with van der Waals surface area (Å²) >= 11 is 0. The summed E-state index contributed by atoms with van der Waals surface area (Å²) in [6.45, 7) is 3.76. The lowest BCUT2D eigenvalue weighted by molar-refractivity contribution is 0.0245. The number of aromatic hydroxyl groups is 1. The Morgan fingerprint density at radius 3 is 2.93 bits per heavy atom. The summed E-state index contributed by atoms with van der Waals surface area (Å²) in [5.41, 5.74) is 1.95. The van der Waals surface area contributed by atoms with E-state index in [0.29, 0.717) is 17.5 Å². The zero-order valence-electron chi connectivity index (χ0n) is 8.91. The molecule has 1 heterocycles. The monoisotopic (exact) mass is 206 g/mol. The molecule has 1 aromatic carbocycles. The van der Waals surface area contributed by atoms with Crippen molar-refractivity contribution in [3.63, 3.8) is 0 Å². The number of cyclic esters (lactones) is 1. The van der Waals surface area contributed by atoms with Gasteiger partial charge in [0.05, 0.1) is 0 Å². The third-order valence-electron chi connectivity index (χ3n) is 2.85.